The number of hydrogen-bond donors (Lipinski definition) is 0. The van der Waals surface area contributed by atoms with Crippen LogP contribution in [0.3, 0.4) is 0 Å². The van der Waals surface area contributed by atoms with Gasteiger partial charge in [-0.15, -0.1) is 0 Å². The van der Waals surface area contributed by atoms with Crippen LogP contribution in [0.25, 0.3) is 21.7 Å². The minimum atomic E-state index is -0.415. The molecule has 6 heteroatoms. The summed E-state index contributed by atoms with van der Waals surface area (Å²) in [4.78, 5) is 33.2. The normalized spacial score (nSPS) is 12.2. The maximum absolute atomic E-state index is 13.6. The second-order valence-electron chi connectivity index (χ2n) is 7.77. The van der Waals surface area contributed by atoms with Crippen LogP contribution in [0.15, 0.2) is 71.5 Å². The fraction of sp³-hybridized carbons (Fsp3) is 0.269. The third-order valence-electron chi connectivity index (χ3n) is 5.84. The highest BCUT2D eigenvalue weighted by Gasteiger charge is 2.26. The van der Waals surface area contributed by atoms with Gasteiger partial charge < -0.3 is 9.64 Å². The van der Waals surface area contributed by atoms with Gasteiger partial charge in [0.05, 0.1) is 23.6 Å². The van der Waals surface area contributed by atoms with Crippen molar-refractivity contribution in [1.82, 2.24) is 14.5 Å². The lowest BCUT2D eigenvalue weighted by Gasteiger charge is -2.30. The molecule has 1 aromatic heterocycles. The molecule has 32 heavy (non-hydrogen) atoms. The third-order valence-corrected chi connectivity index (χ3v) is 5.84. The van der Waals surface area contributed by atoms with Gasteiger partial charge in [0, 0.05) is 25.8 Å². The molecule has 0 aliphatic heterocycles. The number of ether oxygens (including phenoxy) is 1. The van der Waals surface area contributed by atoms with Gasteiger partial charge in [-0.05, 0) is 48.9 Å². The molecule has 0 saturated carbocycles. The Hall–Kier alpha value is -3.51. The molecular formula is C26H27N3O3. The van der Waals surface area contributed by atoms with Crippen molar-refractivity contribution >= 4 is 27.6 Å². The van der Waals surface area contributed by atoms with Gasteiger partial charge in [0.25, 0.3) is 11.5 Å². The highest BCUT2D eigenvalue weighted by molar-refractivity contribution is 5.98. The molecule has 1 atom stereocenters. The Labute approximate surface area is 187 Å². The first-order valence-electron chi connectivity index (χ1n) is 10.8. The first-order valence-corrected chi connectivity index (χ1v) is 10.8. The lowest BCUT2D eigenvalue weighted by Crippen LogP contribution is -2.39. The fourth-order valence-electron chi connectivity index (χ4n) is 4.10. The molecule has 4 rings (SSSR count). The van der Waals surface area contributed by atoms with Crippen LogP contribution < -0.4 is 5.56 Å². The van der Waals surface area contributed by atoms with E-state index in [1.165, 1.54) is 0 Å². The van der Waals surface area contributed by atoms with Crippen molar-refractivity contribution in [3.63, 3.8) is 0 Å². The van der Waals surface area contributed by atoms with Gasteiger partial charge in [-0.1, -0.05) is 42.5 Å². The standard InChI is InChI=1S/C26H27N3O3/c1-4-28-24(27-23-12-8-7-11-22(23)26(28)31)18(2)29(15-16-32-3)25(30)21-14-13-19-9-5-6-10-20(19)17-21/h5-14,17-18H,4,15-16H2,1-3H3. The Morgan fingerprint density at radius 1 is 1.06 bits per heavy atom. The second-order valence-corrected chi connectivity index (χ2v) is 7.77. The summed E-state index contributed by atoms with van der Waals surface area (Å²) in [7, 11) is 1.61. The molecule has 0 aliphatic carbocycles. The molecule has 0 spiro atoms. The lowest BCUT2D eigenvalue weighted by atomic mass is 10.1. The SMILES string of the molecule is CCn1c(C(C)N(CCOC)C(=O)c2ccc3ccccc3c2)nc2ccccc2c1=O. The molecule has 0 fully saturated rings. The number of nitrogens with zero attached hydrogens (tertiary/aromatic N) is 3. The fourth-order valence-corrected chi connectivity index (χ4v) is 4.10. The van der Waals surface area contributed by atoms with Gasteiger partial charge in [0.1, 0.15) is 5.82 Å². The van der Waals surface area contributed by atoms with E-state index in [0.717, 1.165) is 10.8 Å². The van der Waals surface area contributed by atoms with E-state index in [0.29, 0.717) is 42.0 Å². The summed E-state index contributed by atoms with van der Waals surface area (Å²) in [6, 6.07) is 20.6. The van der Waals surface area contributed by atoms with E-state index in [-0.39, 0.29) is 11.5 Å². The molecule has 1 amide bonds. The monoisotopic (exact) mass is 429 g/mol. The maximum atomic E-state index is 13.6. The van der Waals surface area contributed by atoms with E-state index in [4.69, 9.17) is 9.72 Å². The Balaban J connectivity index is 1.79. The summed E-state index contributed by atoms with van der Waals surface area (Å²) in [5.41, 5.74) is 1.14. The van der Waals surface area contributed by atoms with Crippen molar-refractivity contribution in [2.75, 3.05) is 20.3 Å². The van der Waals surface area contributed by atoms with Crippen LogP contribution in [0.2, 0.25) is 0 Å². The van der Waals surface area contributed by atoms with Crippen molar-refractivity contribution in [2.24, 2.45) is 0 Å². The molecule has 0 radical (unpaired) electrons. The van der Waals surface area contributed by atoms with Crippen LogP contribution >= 0.6 is 0 Å². The van der Waals surface area contributed by atoms with Gasteiger partial charge in [0.2, 0.25) is 0 Å². The van der Waals surface area contributed by atoms with Crippen molar-refractivity contribution < 1.29 is 9.53 Å². The zero-order valence-electron chi connectivity index (χ0n) is 18.6. The number of amides is 1. The van der Waals surface area contributed by atoms with Crippen LogP contribution in [0.5, 0.6) is 0 Å². The average Bonchev–Trinajstić information content (AvgIpc) is 2.83. The van der Waals surface area contributed by atoms with E-state index in [1.54, 1.807) is 22.6 Å². The summed E-state index contributed by atoms with van der Waals surface area (Å²) in [5.74, 6) is 0.451. The highest BCUT2D eigenvalue weighted by atomic mass is 16.5. The highest BCUT2D eigenvalue weighted by Crippen LogP contribution is 2.24. The van der Waals surface area contributed by atoms with Crippen molar-refractivity contribution in [3.05, 3.63) is 88.5 Å². The smallest absolute Gasteiger partial charge is 0.261 e. The number of carbonyl (C=O) groups is 1. The van der Waals surface area contributed by atoms with E-state index in [1.807, 2.05) is 74.5 Å². The number of methoxy groups -OCH3 is 1. The lowest BCUT2D eigenvalue weighted by molar-refractivity contribution is 0.0603. The molecule has 164 valence electrons. The molecule has 1 unspecified atom stereocenters. The Kier molecular flexibility index (Phi) is 6.32. The van der Waals surface area contributed by atoms with Crippen LogP contribution in [-0.4, -0.2) is 40.6 Å². The van der Waals surface area contributed by atoms with E-state index < -0.39 is 6.04 Å². The molecule has 0 aliphatic rings. The second kappa shape index (κ2) is 9.32. The molecule has 0 N–H and O–H groups in total. The Morgan fingerprint density at radius 2 is 1.78 bits per heavy atom. The van der Waals surface area contributed by atoms with Gasteiger partial charge in [-0.3, -0.25) is 14.2 Å². The zero-order chi connectivity index (χ0) is 22.7. The van der Waals surface area contributed by atoms with Crippen LogP contribution in [0.4, 0.5) is 0 Å². The third kappa shape index (κ3) is 4.01. The molecule has 6 nitrogen and oxygen atoms in total. The molecule has 0 bridgehead atoms. The zero-order valence-corrected chi connectivity index (χ0v) is 18.6. The van der Waals surface area contributed by atoms with Crippen LogP contribution in [0.1, 0.15) is 36.1 Å². The average molecular weight is 430 g/mol. The molecular weight excluding hydrogens is 402 g/mol. The molecule has 1 heterocycles. The molecule has 0 saturated heterocycles. The van der Waals surface area contributed by atoms with E-state index in [2.05, 4.69) is 0 Å². The predicted octanol–water partition coefficient (Wildman–Crippen LogP) is 4.42. The quantitative estimate of drug-likeness (QED) is 0.436. The van der Waals surface area contributed by atoms with Crippen LogP contribution in [0, 0.1) is 0 Å². The number of hydrogen-bond acceptors (Lipinski definition) is 4. The van der Waals surface area contributed by atoms with Gasteiger partial charge in [-0.25, -0.2) is 4.98 Å². The van der Waals surface area contributed by atoms with Crippen molar-refractivity contribution in [1.29, 1.82) is 0 Å². The van der Waals surface area contributed by atoms with Crippen LogP contribution in [-0.2, 0) is 11.3 Å². The summed E-state index contributed by atoms with van der Waals surface area (Å²) in [6.07, 6.45) is 0. The maximum Gasteiger partial charge on any atom is 0.261 e. The number of fused-ring (bicyclic) bond motifs is 2. The minimum absolute atomic E-state index is 0.0928. The first-order chi connectivity index (χ1) is 15.5. The number of aromatic nitrogens is 2. The summed E-state index contributed by atoms with van der Waals surface area (Å²) < 4.78 is 6.94. The first kappa shape index (κ1) is 21.7. The van der Waals surface area contributed by atoms with Gasteiger partial charge in [0.15, 0.2) is 0 Å². The summed E-state index contributed by atoms with van der Waals surface area (Å²) in [6.45, 7) is 5.07. The number of carbonyl (C=O) groups excluding carboxylic acids is 1. The van der Waals surface area contributed by atoms with Crippen molar-refractivity contribution in [3.8, 4) is 0 Å². The van der Waals surface area contributed by atoms with E-state index >= 15 is 0 Å². The van der Waals surface area contributed by atoms with Gasteiger partial charge >= 0.3 is 0 Å². The Morgan fingerprint density at radius 3 is 2.53 bits per heavy atom. The van der Waals surface area contributed by atoms with Crippen molar-refractivity contribution in [2.45, 2.75) is 26.4 Å². The topological polar surface area (TPSA) is 64.4 Å². The van der Waals surface area contributed by atoms with E-state index in [9.17, 15) is 9.59 Å². The Bertz CT molecular complexity index is 1330. The molecule has 4 aromatic rings. The number of rotatable bonds is 7. The summed E-state index contributed by atoms with van der Waals surface area (Å²) >= 11 is 0. The van der Waals surface area contributed by atoms with Gasteiger partial charge in [-0.2, -0.15) is 0 Å². The summed E-state index contributed by atoms with van der Waals surface area (Å²) in [5, 5.41) is 2.66. The number of benzene rings is 3. The predicted molar refractivity (Wildman–Crippen MR) is 127 cm³/mol. The number of para-hydroxylation sites is 1. The minimum Gasteiger partial charge on any atom is -0.383 e. The largest absolute Gasteiger partial charge is 0.383 e. The molecule has 3 aromatic carbocycles.